The highest BCUT2D eigenvalue weighted by molar-refractivity contribution is 7.87. The Kier molecular flexibility index (Phi) is 6.61. The molecule has 0 aromatic heterocycles. The highest BCUT2D eigenvalue weighted by atomic mass is 35.5. The fraction of sp³-hybridized carbons (Fsp3) is 0.0769. The van der Waals surface area contributed by atoms with Gasteiger partial charge in [-0.15, -0.1) is 0 Å². The first-order chi connectivity index (χ1) is 11.5. The molecule has 0 radical (unpaired) electrons. The molecule has 0 unspecified atom stereocenters. The van der Waals surface area contributed by atoms with Crippen molar-refractivity contribution in [1.29, 1.82) is 0 Å². The first-order valence-electron chi connectivity index (χ1n) is 6.22. The summed E-state index contributed by atoms with van der Waals surface area (Å²) in [5, 5.41) is -0.0908. The van der Waals surface area contributed by atoms with Gasteiger partial charge in [0.2, 0.25) is 0 Å². The van der Waals surface area contributed by atoms with Crippen molar-refractivity contribution < 1.29 is 25.2 Å². The van der Waals surface area contributed by atoms with Crippen LogP contribution >= 0.6 is 46.4 Å². The Morgan fingerprint density at radius 1 is 0.680 bits per heavy atom. The Bertz CT molecular complexity index is 924. The third kappa shape index (κ3) is 5.21. The molecular formula is C13H8Cl4O6S2. The summed E-state index contributed by atoms with van der Waals surface area (Å²) < 4.78 is 57.3. The molecule has 0 aliphatic heterocycles. The van der Waals surface area contributed by atoms with E-state index in [2.05, 4.69) is 8.37 Å². The van der Waals surface area contributed by atoms with E-state index < -0.39 is 36.8 Å². The van der Waals surface area contributed by atoms with E-state index in [1.54, 1.807) is 0 Å². The molecule has 0 bridgehead atoms. The molecule has 0 atom stereocenters. The van der Waals surface area contributed by atoms with E-state index in [9.17, 15) is 16.8 Å². The van der Waals surface area contributed by atoms with Crippen molar-refractivity contribution in [3.05, 3.63) is 56.5 Å². The lowest BCUT2D eigenvalue weighted by atomic mass is 10.4. The molecule has 0 saturated heterocycles. The van der Waals surface area contributed by atoms with E-state index >= 15 is 0 Å². The molecule has 0 heterocycles. The first-order valence-corrected chi connectivity index (χ1v) is 10.5. The summed E-state index contributed by atoms with van der Waals surface area (Å²) in [4.78, 5) is -0.855. The van der Waals surface area contributed by atoms with Crippen LogP contribution < -0.4 is 0 Å². The monoisotopic (exact) mass is 464 g/mol. The van der Waals surface area contributed by atoms with Crippen LogP contribution in [0.25, 0.3) is 0 Å². The highest BCUT2D eigenvalue weighted by Gasteiger charge is 2.24. The SMILES string of the molecule is O=S(=O)(OCOS(=O)(=O)c1cc(Cl)ccc1Cl)c1cc(Cl)ccc1Cl. The number of hydrogen-bond donors (Lipinski definition) is 0. The Morgan fingerprint density at radius 2 is 1.04 bits per heavy atom. The van der Waals surface area contributed by atoms with Crippen molar-refractivity contribution in [1.82, 2.24) is 0 Å². The predicted octanol–water partition coefficient (Wildman–Crippen LogP) is 4.37. The number of hydrogen-bond acceptors (Lipinski definition) is 6. The largest absolute Gasteiger partial charge is 0.300 e. The average Bonchev–Trinajstić information content (AvgIpc) is 2.51. The van der Waals surface area contributed by atoms with Gasteiger partial charge < -0.3 is 0 Å². The van der Waals surface area contributed by atoms with Crippen molar-refractivity contribution in [2.75, 3.05) is 6.79 Å². The molecule has 136 valence electrons. The van der Waals surface area contributed by atoms with E-state index in [1.165, 1.54) is 24.3 Å². The Morgan fingerprint density at radius 3 is 1.40 bits per heavy atom. The minimum Gasteiger partial charge on any atom is -0.236 e. The molecule has 6 nitrogen and oxygen atoms in total. The summed E-state index contributed by atoms with van der Waals surface area (Å²) >= 11 is 23.0. The van der Waals surface area contributed by atoms with Crippen molar-refractivity contribution in [3.63, 3.8) is 0 Å². The third-order valence-corrected chi connectivity index (χ3v) is 6.65. The van der Waals surface area contributed by atoms with Gasteiger partial charge >= 0.3 is 20.2 Å². The Labute approximate surface area is 164 Å². The smallest absolute Gasteiger partial charge is 0.236 e. The molecule has 0 saturated carbocycles. The zero-order valence-electron chi connectivity index (χ0n) is 11.9. The van der Waals surface area contributed by atoms with Gasteiger partial charge in [0.05, 0.1) is 10.0 Å². The molecule has 0 spiro atoms. The summed E-state index contributed by atoms with van der Waals surface area (Å²) in [6.07, 6.45) is 0. The minimum atomic E-state index is -4.40. The summed E-state index contributed by atoms with van der Waals surface area (Å²) in [6, 6.07) is 7.38. The molecule has 2 rings (SSSR count). The van der Waals surface area contributed by atoms with Gasteiger partial charge in [-0.25, -0.2) is 8.37 Å². The van der Waals surface area contributed by atoms with Crippen molar-refractivity contribution in [2.24, 2.45) is 0 Å². The van der Waals surface area contributed by atoms with Gasteiger partial charge in [-0.2, -0.15) is 16.8 Å². The van der Waals surface area contributed by atoms with Crippen LogP contribution in [0.3, 0.4) is 0 Å². The average molecular weight is 466 g/mol. The van der Waals surface area contributed by atoms with E-state index in [1.807, 2.05) is 0 Å². The maximum absolute atomic E-state index is 12.1. The second-order valence-electron chi connectivity index (χ2n) is 4.41. The van der Waals surface area contributed by atoms with Gasteiger partial charge in [-0.1, -0.05) is 46.4 Å². The molecule has 0 amide bonds. The minimum absolute atomic E-state index is 0.103. The maximum atomic E-state index is 12.1. The van der Waals surface area contributed by atoms with Crippen LogP contribution in [0, 0.1) is 0 Å². The van der Waals surface area contributed by atoms with Crippen LogP contribution in [-0.2, 0) is 28.6 Å². The molecule has 0 aliphatic carbocycles. The molecular weight excluding hydrogens is 458 g/mol. The van der Waals surface area contributed by atoms with Crippen molar-refractivity contribution >= 4 is 66.6 Å². The van der Waals surface area contributed by atoms with Gasteiger partial charge in [0.25, 0.3) is 0 Å². The highest BCUT2D eigenvalue weighted by Crippen LogP contribution is 2.28. The second-order valence-corrected chi connectivity index (χ2v) is 9.27. The van der Waals surface area contributed by atoms with Crippen LogP contribution in [0.5, 0.6) is 0 Å². The van der Waals surface area contributed by atoms with Crippen LogP contribution in [0.2, 0.25) is 20.1 Å². The van der Waals surface area contributed by atoms with E-state index in [4.69, 9.17) is 46.4 Å². The third-order valence-electron chi connectivity index (χ3n) is 2.73. The zero-order valence-corrected chi connectivity index (χ0v) is 16.6. The summed E-state index contributed by atoms with van der Waals surface area (Å²) in [5.41, 5.74) is 0. The molecule has 2 aromatic carbocycles. The molecule has 0 fully saturated rings. The Hall–Kier alpha value is -0.580. The van der Waals surface area contributed by atoms with Gasteiger partial charge in [0.1, 0.15) is 9.79 Å². The predicted molar refractivity (Wildman–Crippen MR) is 94.3 cm³/mol. The maximum Gasteiger partial charge on any atom is 0.300 e. The van der Waals surface area contributed by atoms with Crippen molar-refractivity contribution in [3.8, 4) is 0 Å². The standard InChI is InChI=1S/C13H8Cl4O6S2/c14-8-1-3-10(16)12(5-8)24(18,19)22-7-23-25(20,21)13-6-9(15)2-4-11(13)17/h1-6H,7H2. The van der Waals surface area contributed by atoms with Crippen LogP contribution in [0.1, 0.15) is 0 Å². The van der Waals surface area contributed by atoms with Gasteiger partial charge in [-0.05, 0) is 36.4 Å². The molecule has 25 heavy (non-hydrogen) atoms. The van der Waals surface area contributed by atoms with Crippen LogP contribution in [-0.4, -0.2) is 23.6 Å². The molecule has 0 N–H and O–H groups in total. The first kappa shape index (κ1) is 20.7. The van der Waals surface area contributed by atoms with Crippen molar-refractivity contribution in [2.45, 2.75) is 9.79 Å². The summed E-state index contributed by atoms with van der Waals surface area (Å²) in [7, 11) is -8.80. The molecule has 12 heteroatoms. The number of rotatable bonds is 6. The number of halogens is 4. The lowest BCUT2D eigenvalue weighted by Crippen LogP contribution is -2.14. The lowest BCUT2D eigenvalue weighted by Gasteiger charge is -2.09. The second kappa shape index (κ2) is 7.98. The van der Waals surface area contributed by atoms with Gasteiger partial charge in [0.15, 0.2) is 6.79 Å². The van der Waals surface area contributed by atoms with E-state index in [0.29, 0.717) is 0 Å². The lowest BCUT2D eigenvalue weighted by molar-refractivity contribution is 0.132. The number of benzene rings is 2. The topological polar surface area (TPSA) is 86.7 Å². The van der Waals surface area contributed by atoms with Crippen LogP contribution in [0.4, 0.5) is 0 Å². The molecule has 0 aliphatic rings. The quantitative estimate of drug-likeness (QED) is 0.465. The summed E-state index contributed by atoms with van der Waals surface area (Å²) in [5.74, 6) is 0. The fourth-order valence-electron chi connectivity index (χ4n) is 1.61. The van der Waals surface area contributed by atoms with Gasteiger partial charge in [-0.3, -0.25) is 0 Å². The van der Waals surface area contributed by atoms with Gasteiger partial charge in [0, 0.05) is 10.0 Å². The Balaban J connectivity index is 2.16. The van der Waals surface area contributed by atoms with E-state index in [0.717, 1.165) is 12.1 Å². The summed E-state index contributed by atoms with van der Waals surface area (Å²) in [6.45, 7) is -1.13. The van der Waals surface area contributed by atoms with Crippen LogP contribution in [0.15, 0.2) is 46.2 Å². The fourth-order valence-corrected chi connectivity index (χ4v) is 4.71. The molecule has 2 aromatic rings. The normalized spacial score (nSPS) is 12.3. The van der Waals surface area contributed by atoms with E-state index in [-0.39, 0.29) is 20.1 Å². The zero-order chi connectivity index (χ0) is 18.8.